The van der Waals surface area contributed by atoms with E-state index in [1.54, 1.807) is 0 Å². The molecule has 0 aliphatic carbocycles. The Balaban J connectivity index is 3.33. The molecule has 1 rings (SSSR count). The Morgan fingerprint density at radius 1 is 1.38 bits per heavy atom. The van der Waals surface area contributed by atoms with Gasteiger partial charge in [0, 0.05) is 5.56 Å². The molecule has 0 aliphatic rings. The summed E-state index contributed by atoms with van der Waals surface area (Å²) in [5, 5.41) is 0. The first-order valence-electron chi connectivity index (χ1n) is 5.79. The fourth-order valence-electron chi connectivity index (χ4n) is 1.59. The number of rotatable bonds is 5. The van der Waals surface area contributed by atoms with Crippen LogP contribution in [0.15, 0.2) is 6.07 Å². The number of pyridine rings is 1. The summed E-state index contributed by atoms with van der Waals surface area (Å²) in [5.74, 6) is -1.74. The smallest absolute Gasteiger partial charge is 0.421 e. The molecule has 0 unspecified atom stereocenters. The Kier molecular flexibility index (Phi) is 5.45. The number of esters is 1. The molecule has 0 fully saturated rings. The maximum atomic E-state index is 12.9. The quantitative estimate of drug-likeness (QED) is 0.619. The molecule has 0 amide bonds. The van der Waals surface area contributed by atoms with Crippen molar-refractivity contribution in [2.24, 2.45) is 0 Å². The zero-order valence-corrected chi connectivity index (χ0v) is 11.1. The van der Waals surface area contributed by atoms with E-state index in [1.807, 2.05) is 0 Å². The summed E-state index contributed by atoms with van der Waals surface area (Å²) in [5.41, 5.74) is -2.91. The second kappa shape index (κ2) is 6.68. The Hall–Kier alpha value is -1.93. The van der Waals surface area contributed by atoms with Gasteiger partial charge in [-0.3, -0.25) is 4.79 Å². The van der Waals surface area contributed by atoms with Crippen LogP contribution in [0.2, 0.25) is 0 Å². The average molecular weight is 313 g/mol. The summed E-state index contributed by atoms with van der Waals surface area (Å²) >= 11 is 0. The molecule has 1 aromatic heterocycles. The number of nitrogens with zero attached hydrogens (tertiary/aromatic N) is 1. The van der Waals surface area contributed by atoms with E-state index in [2.05, 4.69) is 14.5 Å². The standard InChI is InChI=1S/C12H12F5NO3/c1-3-21-9(19)5-8-6(10(13)14)4-7(12(15,16)17)11(18-8)20-2/h4,10H,3,5H2,1-2H3. The van der Waals surface area contributed by atoms with Gasteiger partial charge in [0.15, 0.2) is 0 Å². The number of carbonyl (C=O) groups is 1. The highest BCUT2D eigenvalue weighted by Crippen LogP contribution is 2.38. The first-order valence-corrected chi connectivity index (χ1v) is 5.79. The van der Waals surface area contributed by atoms with Crippen LogP contribution in [0, 0.1) is 0 Å². The summed E-state index contributed by atoms with van der Waals surface area (Å²) in [4.78, 5) is 14.7. The van der Waals surface area contributed by atoms with Crippen molar-refractivity contribution in [3.8, 4) is 5.88 Å². The number of ether oxygens (including phenoxy) is 2. The van der Waals surface area contributed by atoms with E-state index in [0.29, 0.717) is 0 Å². The van der Waals surface area contributed by atoms with E-state index in [9.17, 15) is 26.7 Å². The van der Waals surface area contributed by atoms with E-state index in [1.165, 1.54) is 6.92 Å². The fourth-order valence-corrected chi connectivity index (χ4v) is 1.59. The number of carbonyl (C=O) groups excluding carboxylic acids is 1. The third kappa shape index (κ3) is 4.27. The summed E-state index contributed by atoms with van der Waals surface area (Å²) in [6.45, 7) is 1.52. The van der Waals surface area contributed by atoms with Gasteiger partial charge in [0.1, 0.15) is 5.56 Å². The first-order chi connectivity index (χ1) is 9.70. The van der Waals surface area contributed by atoms with Crippen molar-refractivity contribution in [1.82, 2.24) is 4.98 Å². The molecule has 0 bridgehead atoms. The normalized spacial score (nSPS) is 11.6. The molecule has 0 radical (unpaired) electrons. The maximum Gasteiger partial charge on any atom is 0.421 e. The van der Waals surface area contributed by atoms with E-state index in [4.69, 9.17) is 0 Å². The second-order valence-electron chi connectivity index (χ2n) is 3.86. The van der Waals surface area contributed by atoms with Crippen LogP contribution in [0.5, 0.6) is 5.88 Å². The molecule has 0 aromatic carbocycles. The molecule has 4 nitrogen and oxygen atoms in total. The van der Waals surface area contributed by atoms with Crippen molar-refractivity contribution in [3.05, 3.63) is 22.9 Å². The zero-order valence-electron chi connectivity index (χ0n) is 11.1. The molecule has 1 aromatic rings. The van der Waals surface area contributed by atoms with Crippen LogP contribution in [0.4, 0.5) is 22.0 Å². The van der Waals surface area contributed by atoms with E-state index >= 15 is 0 Å². The first kappa shape index (κ1) is 17.1. The Labute approximate surface area is 116 Å². The number of hydrogen-bond acceptors (Lipinski definition) is 4. The summed E-state index contributed by atoms with van der Waals surface area (Å²) in [6, 6.07) is 0.241. The summed E-state index contributed by atoms with van der Waals surface area (Å²) in [7, 11) is 0.924. The highest BCUT2D eigenvalue weighted by molar-refractivity contribution is 5.72. The lowest BCUT2D eigenvalue weighted by atomic mass is 10.1. The minimum absolute atomic E-state index is 0.0145. The van der Waals surface area contributed by atoms with Crippen LogP contribution in [0.1, 0.15) is 30.2 Å². The molecule has 0 N–H and O–H groups in total. The summed E-state index contributed by atoms with van der Waals surface area (Å²) in [6.07, 6.45) is -8.78. The van der Waals surface area contributed by atoms with Gasteiger partial charge in [-0.1, -0.05) is 0 Å². The predicted molar refractivity (Wildman–Crippen MR) is 61.1 cm³/mol. The minimum Gasteiger partial charge on any atom is -0.481 e. The van der Waals surface area contributed by atoms with Crippen LogP contribution < -0.4 is 4.74 Å². The molecule has 21 heavy (non-hydrogen) atoms. The van der Waals surface area contributed by atoms with Crippen molar-refractivity contribution < 1.29 is 36.2 Å². The van der Waals surface area contributed by atoms with Crippen molar-refractivity contribution >= 4 is 5.97 Å². The van der Waals surface area contributed by atoms with Gasteiger partial charge in [0.25, 0.3) is 6.43 Å². The highest BCUT2D eigenvalue weighted by atomic mass is 19.4. The molecule has 0 aliphatic heterocycles. The largest absolute Gasteiger partial charge is 0.481 e. The van der Waals surface area contributed by atoms with E-state index in [0.717, 1.165) is 7.11 Å². The molecule has 0 atom stereocenters. The Bertz CT molecular complexity index is 516. The van der Waals surface area contributed by atoms with Crippen LogP contribution in [0.25, 0.3) is 0 Å². The third-order valence-electron chi connectivity index (χ3n) is 2.45. The van der Waals surface area contributed by atoms with Gasteiger partial charge in [-0.25, -0.2) is 13.8 Å². The van der Waals surface area contributed by atoms with Gasteiger partial charge in [0.2, 0.25) is 5.88 Å². The number of methoxy groups -OCH3 is 1. The van der Waals surface area contributed by atoms with Crippen LogP contribution in [-0.2, 0) is 22.1 Å². The molecule has 0 saturated carbocycles. The maximum absolute atomic E-state index is 12.9. The number of halogens is 5. The lowest BCUT2D eigenvalue weighted by Crippen LogP contribution is -2.15. The number of aromatic nitrogens is 1. The van der Waals surface area contributed by atoms with Crippen LogP contribution in [-0.4, -0.2) is 24.7 Å². The lowest BCUT2D eigenvalue weighted by molar-refractivity contribution is -0.142. The van der Waals surface area contributed by atoms with Crippen molar-refractivity contribution in [3.63, 3.8) is 0 Å². The fraction of sp³-hybridized carbons (Fsp3) is 0.500. The van der Waals surface area contributed by atoms with Gasteiger partial charge in [-0.15, -0.1) is 0 Å². The van der Waals surface area contributed by atoms with Crippen molar-refractivity contribution in [2.75, 3.05) is 13.7 Å². The molecule has 1 heterocycles. The second-order valence-corrected chi connectivity index (χ2v) is 3.86. The lowest BCUT2D eigenvalue weighted by Gasteiger charge is -2.15. The van der Waals surface area contributed by atoms with E-state index < -0.39 is 47.7 Å². The number of hydrogen-bond donors (Lipinski definition) is 0. The molecule has 118 valence electrons. The SMILES string of the molecule is CCOC(=O)Cc1nc(OC)c(C(F)(F)F)cc1C(F)F. The summed E-state index contributed by atoms with van der Waals surface area (Å²) < 4.78 is 73.0. The molecule has 0 spiro atoms. The Morgan fingerprint density at radius 2 is 2.00 bits per heavy atom. The molecular formula is C12H12F5NO3. The van der Waals surface area contributed by atoms with E-state index in [-0.39, 0.29) is 12.7 Å². The highest BCUT2D eigenvalue weighted by Gasteiger charge is 2.37. The topological polar surface area (TPSA) is 48.4 Å². The van der Waals surface area contributed by atoms with Gasteiger partial charge in [0.05, 0.1) is 25.8 Å². The number of alkyl halides is 5. The predicted octanol–water partition coefficient (Wildman–Crippen LogP) is 3.15. The van der Waals surface area contributed by atoms with Crippen LogP contribution >= 0.6 is 0 Å². The van der Waals surface area contributed by atoms with Crippen molar-refractivity contribution in [1.29, 1.82) is 0 Å². The molecular weight excluding hydrogens is 301 g/mol. The Morgan fingerprint density at radius 3 is 2.43 bits per heavy atom. The molecule has 9 heteroatoms. The third-order valence-corrected chi connectivity index (χ3v) is 2.45. The van der Waals surface area contributed by atoms with Gasteiger partial charge in [-0.05, 0) is 13.0 Å². The van der Waals surface area contributed by atoms with Crippen LogP contribution in [0.3, 0.4) is 0 Å². The monoisotopic (exact) mass is 313 g/mol. The zero-order chi connectivity index (χ0) is 16.2. The molecule has 0 saturated heterocycles. The minimum atomic E-state index is -4.90. The van der Waals surface area contributed by atoms with Gasteiger partial charge < -0.3 is 9.47 Å². The van der Waals surface area contributed by atoms with Crippen molar-refractivity contribution in [2.45, 2.75) is 25.9 Å². The van der Waals surface area contributed by atoms with Gasteiger partial charge in [-0.2, -0.15) is 13.2 Å². The average Bonchev–Trinajstić information content (AvgIpc) is 2.36. The van der Waals surface area contributed by atoms with Gasteiger partial charge >= 0.3 is 12.1 Å².